The van der Waals surface area contributed by atoms with E-state index in [9.17, 15) is 19.2 Å². The molecule has 0 saturated carbocycles. The molecule has 16 nitrogen and oxygen atoms in total. The van der Waals surface area contributed by atoms with Crippen LogP contribution in [0.3, 0.4) is 0 Å². The number of likely N-dealkylation sites (tertiary alicyclic amines) is 1. The maximum absolute atomic E-state index is 15.2. The van der Waals surface area contributed by atoms with Crippen LogP contribution in [-0.2, 0) is 19.1 Å². The van der Waals surface area contributed by atoms with Crippen molar-refractivity contribution < 1.29 is 33.0 Å². The number of anilines is 7. The second-order valence-corrected chi connectivity index (χ2v) is 15.3. The van der Waals surface area contributed by atoms with Gasteiger partial charge in [0, 0.05) is 56.2 Å². The zero-order valence-electron chi connectivity index (χ0n) is 32.7. The molecule has 3 aromatic carbocycles. The molecule has 5 N–H and O–H groups in total. The van der Waals surface area contributed by atoms with Crippen molar-refractivity contribution in [3.63, 3.8) is 0 Å². The number of aromatic nitrogens is 2. The number of carbonyl (C=O) groups is 4. The van der Waals surface area contributed by atoms with Gasteiger partial charge in [0.15, 0.2) is 0 Å². The number of piperidine rings is 2. The Morgan fingerprint density at radius 2 is 1.68 bits per heavy atom. The van der Waals surface area contributed by atoms with E-state index in [1.165, 1.54) is 13.2 Å². The number of piperazine rings is 1. The third kappa shape index (κ3) is 10.2. The topological polar surface area (TPSA) is 182 Å². The fourth-order valence-electron chi connectivity index (χ4n) is 7.49. The predicted molar refractivity (Wildman–Crippen MR) is 225 cm³/mol. The summed E-state index contributed by atoms with van der Waals surface area (Å²) in [4.78, 5) is 64.1. The van der Waals surface area contributed by atoms with Crippen LogP contribution in [0.1, 0.15) is 37.2 Å². The van der Waals surface area contributed by atoms with Crippen LogP contribution in [0.25, 0.3) is 0 Å². The number of ether oxygens (including phenoxy) is 2. The fourth-order valence-corrected chi connectivity index (χ4v) is 7.78. The molecule has 4 heterocycles. The van der Waals surface area contributed by atoms with Crippen LogP contribution in [0, 0.1) is 5.82 Å². The molecule has 1 aromatic heterocycles. The molecule has 0 aliphatic carbocycles. The first-order valence-corrected chi connectivity index (χ1v) is 20.2. The van der Waals surface area contributed by atoms with Gasteiger partial charge in [-0.05, 0) is 96.2 Å². The second kappa shape index (κ2) is 18.7. The molecule has 59 heavy (non-hydrogen) atoms. The van der Waals surface area contributed by atoms with Crippen LogP contribution in [-0.4, -0.2) is 110 Å². The molecular formula is C41H46BrFN10O6. The van der Waals surface area contributed by atoms with Gasteiger partial charge in [-0.25, -0.2) is 14.2 Å². The van der Waals surface area contributed by atoms with Crippen LogP contribution in [0.15, 0.2) is 71.3 Å². The Morgan fingerprint density at radius 3 is 2.39 bits per heavy atom. The summed E-state index contributed by atoms with van der Waals surface area (Å²) in [6.45, 7) is 4.20. The summed E-state index contributed by atoms with van der Waals surface area (Å²) in [7, 11) is 2.90. The largest absolute Gasteiger partial charge is 0.494 e. The van der Waals surface area contributed by atoms with E-state index in [1.807, 2.05) is 29.2 Å². The number of methoxy groups -OCH3 is 2. The number of hydrogen-bond acceptors (Lipinski definition) is 13. The second-order valence-electron chi connectivity index (χ2n) is 14.5. The first-order valence-electron chi connectivity index (χ1n) is 19.4. The van der Waals surface area contributed by atoms with Crippen LogP contribution >= 0.6 is 15.9 Å². The van der Waals surface area contributed by atoms with Crippen molar-refractivity contribution in [2.24, 2.45) is 0 Å². The van der Waals surface area contributed by atoms with E-state index in [0.29, 0.717) is 103 Å². The highest BCUT2D eigenvalue weighted by Crippen LogP contribution is 2.35. The van der Waals surface area contributed by atoms with E-state index in [0.717, 1.165) is 18.5 Å². The third-order valence-electron chi connectivity index (χ3n) is 10.7. The van der Waals surface area contributed by atoms with Crippen LogP contribution < -0.4 is 36.2 Å². The number of benzene rings is 3. The Balaban J connectivity index is 0.884. The van der Waals surface area contributed by atoms with E-state index in [2.05, 4.69) is 62.3 Å². The SMILES string of the molecule is COC(=O)Nc1ccccc1Nc1nc(Nc2ccc(N3CCN(C(=O)CN4CCC(c5ccc(NC6CCC(=O)NC6=O)cc5F)CC4)CC3)cc2OC)ncc1Br. The quantitative estimate of drug-likeness (QED) is 0.108. The summed E-state index contributed by atoms with van der Waals surface area (Å²) in [6.07, 6.45) is 3.11. The number of halogens is 2. The van der Waals surface area contributed by atoms with Gasteiger partial charge in [-0.15, -0.1) is 0 Å². The van der Waals surface area contributed by atoms with E-state index >= 15 is 4.39 Å². The number of amides is 4. The highest BCUT2D eigenvalue weighted by atomic mass is 79.9. The van der Waals surface area contributed by atoms with Crippen molar-refractivity contribution in [2.45, 2.75) is 37.6 Å². The maximum atomic E-state index is 15.2. The molecule has 0 radical (unpaired) electrons. The molecule has 4 amide bonds. The Kier molecular flexibility index (Phi) is 13.1. The molecule has 0 spiro atoms. The number of nitrogens with zero attached hydrogens (tertiary/aromatic N) is 5. The van der Waals surface area contributed by atoms with Gasteiger partial charge in [-0.1, -0.05) is 18.2 Å². The lowest BCUT2D eigenvalue weighted by Crippen LogP contribution is -2.51. The van der Waals surface area contributed by atoms with Gasteiger partial charge in [-0.2, -0.15) is 4.98 Å². The summed E-state index contributed by atoms with van der Waals surface area (Å²) in [5.41, 5.74) is 3.89. The van der Waals surface area contributed by atoms with E-state index < -0.39 is 18.0 Å². The minimum Gasteiger partial charge on any atom is -0.494 e. The Morgan fingerprint density at radius 1 is 0.915 bits per heavy atom. The molecule has 1 unspecified atom stereocenters. The van der Waals surface area contributed by atoms with Gasteiger partial charge >= 0.3 is 6.09 Å². The number of para-hydroxylation sites is 2. The van der Waals surface area contributed by atoms with Gasteiger partial charge in [0.2, 0.25) is 23.7 Å². The lowest BCUT2D eigenvalue weighted by molar-refractivity contribution is -0.134. The molecule has 1 atom stereocenters. The maximum Gasteiger partial charge on any atom is 0.411 e. The summed E-state index contributed by atoms with van der Waals surface area (Å²) in [5.74, 6) is 0.487. The molecule has 3 fully saturated rings. The predicted octanol–water partition coefficient (Wildman–Crippen LogP) is 5.80. The minimum absolute atomic E-state index is 0.0383. The third-order valence-corrected chi connectivity index (χ3v) is 11.3. The molecule has 7 rings (SSSR count). The van der Waals surface area contributed by atoms with Crippen LogP contribution in [0.5, 0.6) is 5.75 Å². The molecule has 18 heteroatoms. The minimum atomic E-state index is -0.594. The van der Waals surface area contributed by atoms with Crippen LogP contribution in [0.2, 0.25) is 0 Å². The molecule has 3 aliphatic rings. The molecule has 4 aromatic rings. The fraction of sp³-hybridized carbons (Fsp3) is 0.366. The lowest BCUT2D eigenvalue weighted by atomic mass is 9.89. The Hall–Kier alpha value is -6.01. The average molecular weight is 874 g/mol. The number of carbonyl (C=O) groups excluding carboxylic acids is 4. The molecule has 3 saturated heterocycles. The summed E-state index contributed by atoms with van der Waals surface area (Å²) < 4.78 is 26.3. The highest BCUT2D eigenvalue weighted by molar-refractivity contribution is 9.10. The Bertz CT molecular complexity index is 2200. The van der Waals surface area contributed by atoms with Crippen molar-refractivity contribution in [1.82, 2.24) is 25.1 Å². The number of imide groups is 1. The standard InChI is InChI=1S/C41H46BrFN10O6/c1-58-35-22-27(8-10-33(35)47-40-44-23-29(42)38(50-40)46-31-5-3-4-6-32(31)48-41(57)59-2)52-17-19-53(20-18-52)37(55)24-51-15-13-25(14-16-51)28-9-7-26(21-30(28)43)45-34-11-12-36(54)49-39(34)56/h3-10,21-23,25,34,45H,11-20,24H2,1-2H3,(H,48,57)(H,49,54,56)(H2,44,46,47,50). The van der Waals surface area contributed by atoms with E-state index in [-0.39, 0.29) is 30.0 Å². The van der Waals surface area contributed by atoms with Crippen molar-refractivity contribution >= 4 is 79.9 Å². The normalized spacial score (nSPS) is 17.5. The molecular weight excluding hydrogens is 827 g/mol. The van der Waals surface area contributed by atoms with Gasteiger partial charge in [0.05, 0.1) is 42.3 Å². The van der Waals surface area contributed by atoms with Crippen molar-refractivity contribution in [1.29, 1.82) is 0 Å². The number of rotatable bonds is 12. The van der Waals surface area contributed by atoms with E-state index in [1.54, 1.807) is 43.6 Å². The van der Waals surface area contributed by atoms with E-state index in [4.69, 9.17) is 9.47 Å². The number of hydrogen-bond donors (Lipinski definition) is 5. The monoisotopic (exact) mass is 872 g/mol. The first-order chi connectivity index (χ1) is 28.6. The van der Waals surface area contributed by atoms with Gasteiger partial charge in [-0.3, -0.25) is 29.9 Å². The smallest absolute Gasteiger partial charge is 0.411 e. The summed E-state index contributed by atoms with van der Waals surface area (Å²) in [5, 5.41) is 14.5. The van der Waals surface area contributed by atoms with Crippen molar-refractivity contribution in [3.8, 4) is 5.75 Å². The van der Waals surface area contributed by atoms with Gasteiger partial charge < -0.3 is 35.2 Å². The van der Waals surface area contributed by atoms with Crippen molar-refractivity contribution in [2.75, 3.05) is 86.2 Å². The van der Waals surface area contributed by atoms with Crippen molar-refractivity contribution in [3.05, 3.63) is 82.7 Å². The summed E-state index contributed by atoms with van der Waals surface area (Å²) in [6, 6.07) is 17.4. The molecule has 3 aliphatic heterocycles. The number of nitrogens with one attached hydrogen (secondary N) is 5. The van der Waals surface area contributed by atoms with Gasteiger partial charge in [0.25, 0.3) is 0 Å². The molecule has 310 valence electrons. The highest BCUT2D eigenvalue weighted by Gasteiger charge is 2.29. The van der Waals surface area contributed by atoms with Crippen LogP contribution in [0.4, 0.5) is 49.4 Å². The zero-order chi connectivity index (χ0) is 41.5. The summed E-state index contributed by atoms with van der Waals surface area (Å²) >= 11 is 3.50. The Labute approximate surface area is 349 Å². The zero-order valence-corrected chi connectivity index (χ0v) is 34.3. The first kappa shape index (κ1) is 41.2. The molecule has 0 bridgehead atoms. The average Bonchev–Trinajstić information content (AvgIpc) is 3.24. The lowest BCUT2D eigenvalue weighted by Gasteiger charge is -2.38. The van der Waals surface area contributed by atoms with Gasteiger partial charge in [0.1, 0.15) is 23.4 Å².